The summed E-state index contributed by atoms with van der Waals surface area (Å²) in [6, 6.07) is 0. The third-order valence-corrected chi connectivity index (χ3v) is 19.4. The minimum absolute atomic E-state index is 0.105. The molecule has 0 rings (SSSR count). The molecule has 552 valence electrons. The lowest BCUT2D eigenvalue weighted by molar-refractivity contribution is -0.161. The molecule has 0 amide bonds. The molecule has 93 heavy (non-hydrogen) atoms. The van der Waals surface area contributed by atoms with Crippen LogP contribution >= 0.6 is 15.6 Å². The second kappa shape index (κ2) is 64.7. The van der Waals surface area contributed by atoms with Gasteiger partial charge in [0, 0.05) is 25.7 Å². The molecule has 6 atom stereocenters. The molecule has 17 nitrogen and oxygen atoms in total. The minimum atomic E-state index is -4.96. The van der Waals surface area contributed by atoms with Gasteiger partial charge >= 0.3 is 39.5 Å². The Morgan fingerprint density at radius 3 is 0.817 bits per heavy atom. The molecule has 3 unspecified atom stereocenters. The largest absolute Gasteiger partial charge is 0.472 e. The van der Waals surface area contributed by atoms with E-state index in [1.165, 1.54) is 186 Å². The van der Waals surface area contributed by atoms with Crippen LogP contribution in [0.25, 0.3) is 0 Å². The number of hydrogen-bond donors (Lipinski definition) is 3. The average Bonchev–Trinajstić information content (AvgIpc) is 2.76. The number of phosphoric ester groups is 2. The highest BCUT2D eigenvalue weighted by Gasteiger charge is 2.30. The fourth-order valence-corrected chi connectivity index (χ4v) is 12.8. The molecule has 0 aliphatic carbocycles. The fourth-order valence-electron chi connectivity index (χ4n) is 11.2. The smallest absolute Gasteiger partial charge is 0.462 e. The Balaban J connectivity index is 5.27. The van der Waals surface area contributed by atoms with Crippen LogP contribution in [0, 0.1) is 17.8 Å². The number of carbonyl (C=O) groups is 4. The Kier molecular flexibility index (Phi) is 63.4. The summed E-state index contributed by atoms with van der Waals surface area (Å²) in [4.78, 5) is 72.8. The lowest BCUT2D eigenvalue weighted by Crippen LogP contribution is -2.30. The van der Waals surface area contributed by atoms with Crippen LogP contribution in [0.3, 0.4) is 0 Å². The van der Waals surface area contributed by atoms with Crippen LogP contribution in [0.2, 0.25) is 0 Å². The third-order valence-electron chi connectivity index (χ3n) is 17.5. The lowest BCUT2D eigenvalue weighted by Gasteiger charge is -2.21. The Bertz CT molecular complexity index is 1820. The first-order chi connectivity index (χ1) is 44.8. The predicted molar refractivity (Wildman–Crippen MR) is 377 cm³/mol. The number of ether oxygens (including phenoxy) is 4. The number of aliphatic hydroxyl groups is 1. The minimum Gasteiger partial charge on any atom is -0.462 e. The van der Waals surface area contributed by atoms with Gasteiger partial charge in [0.1, 0.15) is 19.3 Å². The van der Waals surface area contributed by atoms with Gasteiger partial charge in [0.05, 0.1) is 26.4 Å². The van der Waals surface area contributed by atoms with Gasteiger partial charge in [-0.1, -0.05) is 325 Å². The Labute approximate surface area is 568 Å². The lowest BCUT2D eigenvalue weighted by atomic mass is 9.99. The topological polar surface area (TPSA) is 237 Å². The molecule has 0 bridgehead atoms. The van der Waals surface area contributed by atoms with Crippen LogP contribution in [0.5, 0.6) is 0 Å². The second-order valence-electron chi connectivity index (χ2n) is 27.9. The molecule has 0 saturated heterocycles. The van der Waals surface area contributed by atoms with E-state index in [0.717, 1.165) is 108 Å². The van der Waals surface area contributed by atoms with Crippen LogP contribution in [-0.4, -0.2) is 96.7 Å². The highest BCUT2D eigenvalue weighted by Crippen LogP contribution is 2.45. The van der Waals surface area contributed by atoms with Crippen LogP contribution in [0.1, 0.15) is 376 Å². The van der Waals surface area contributed by atoms with Gasteiger partial charge in [-0.15, -0.1) is 0 Å². The number of unbranched alkanes of at least 4 members (excludes halogenated alkanes) is 39. The number of aliphatic hydroxyl groups excluding tert-OH is 1. The average molecular weight is 1370 g/mol. The van der Waals surface area contributed by atoms with Gasteiger partial charge in [0.2, 0.25) is 0 Å². The summed E-state index contributed by atoms with van der Waals surface area (Å²) in [6.45, 7) is 11.9. The van der Waals surface area contributed by atoms with E-state index in [4.69, 9.17) is 37.0 Å². The predicted octanol–water partition coefficient (Wildman–Crippen LogP) is 21.4. The summed E-state index contributed by atoms with van der Waals surface area (Å²) >= 11 is 0. The molecule has 0 aromatic carbocycles. The first-order valence-corrected chi connectivity index (χ1v) is 41.4. The number of carbonyl (C=O) groups excluding carboxylic acids is 4. The van der Waals surface area contributed by atoms with E-state index in [9.17, 15) is 43.2 Å². The number of hydrogen-bond acceptors (Lipinski definition) is 15. The molecule has 0 aliphatic heterocycles. The van der Waals surface area contributed by atoms with Crippen molar-refractivity contribution in [3.8, 4) is 0 Å². The van der Waals surface area contributed by atoms with Crippen LogP contribution in [0.15, 0.2) is 0 Å². The zero-order chi connectivity index (χ0) is 68.7. The standard InChI is InChI=1S/C74H144O17P2/c1-8-10-11-12-13-14-15-16-17-18-19-27-36-43-50-57-73(78)90-69(61-84-71(76)55-48-41-34-26-23-21-25-33-40-47-54-67(7)9-2)63-88-92(80,81)86-59-68(75)60-87-93(82,83)89-64-70(62-85-72(77)56-49-42-35-30-29-32-39-46-53-66(5)6)91-74(79)58-51-44-37-28-22-20-24-31-38-45-52-65(3)4/h65-70,75H,8-64H2,1-7H3,(H,80,81)(H,82,83)/t67?,68-,69-,70-/m1/s1. The Morgan fingerprint density at radius 1 is 0.312 bits per heavy atom. The summed E-state index contributed by atoms with van der Waals surface area (Å²) in [7, 11) is -9.91. The van der Waals surface area contributed by atoms with Crippen molar-refractivity contribution in [2.45, 2.75) is 394 Å². The molecule has 0 aliphatic rings. The SMILES string of the molecule is CCCCCCCCCCCCCCCCCC(=O)O[C@H](COC(=O)CCCCCCCCCCCCC(C)CC)COP(=O)(O)OC[C@@H](O)COP(=O)(O)OC[C@@H](COC(=O)CCCCCCCCCCC(C)C)OC(=O)CCCCCCCCCCCCC(C)C. The maximum Gasteiger partial charge on any atom is 0.472 e. The maximum absolute atomic E-state index is 13.1. The zero-order valence-corrected chi connectivity index (χ0v) is 62.5. The summed E-state index contributed by atoms with van der Waals surface area (Å²) < 4.78 is 68.5. The Morgan fingerprint density at radius 2 is 0.548 bits per heavy atom. The van der Waals surface area contributed by atoms with Crippen molar-refractivity contribution >= 4 is 39.5 Å². The fraction of sp³-hybridized carbons (Fsp3) is 0.946. The first-order valence-electron chi connectivity index (χ1n) is 38.4. The van der Waals surface area contributed by atoms with Crippen molar-refractivity contribution in [3.63, 3.8) is 0 Å². The summed E-state index contributed by atoms with van der Waals surface area (Å²) in [5.74, 6) is 0.168. The zero-order valence-electron chi connectivity index (χ0n) is 60.7. The molecule has 0 radical (unpaired) electrons. The molecule has 0 saturated carbocycles. The van der Waals surface area contributed by atoms with E-state index in [1.54, 1.807) is 0 Å². The van der Waals surface area contributed by atoms with Crippen molar-refractivity contribution in [1.82, 2.24) is 0 Å². The summed E-state index contributed by atoms with van der Waals surface area (Å²) in [5.41, 5.74) is 0. The van der Waals surface area contributed by atoms with E-state index in [1.807, 2.05) is 0 Å². The number of rotatable bonds is 72. The number of phosphoric acid groups is 2. The van der Waals surface area contributed by atoms with Gasteiger partial charge in [-0.05, 0) is 43.4 Å². The van der Waals surface area contributed by atoms with E-state index in [2.05, 4.69) is 48.5 Å². The van der Waals surface area contributed by atoms with Crippen LogP contribution in [-0.2, 0) is 65.4 Å². The molecule has 0 aromatic rings. The van der Waals surface area contributed by atoms with Gasteiger partial charge in [-0.2, -0.15) is 0 Å². The maximum atomic E-state index is 13.1. The van der Waals surface area contributed by atoms with Gasteiger partial charge in [-0.25, -0.2) is 9.13 Å². The van der Waals surface area contributed by atoms with Gasteiger partial charge in [-0.3, -0.25) is 37.3 Å². The van der Waals surface area contributed by atoms with Gasteiger partial charge in [0.15, 0.2) is 12.2 Å². The Hall–Kier alpha value is -1.94. The molecule has 0 spiro atoms. The van der Waals surface area contributed by atoms with Crippen molar-refractivity contribution in [2.24, 2.45) is 17.8 Å². The molecule has 19 heteroatoms. The molecule has 3 N–H and O–H groups in total. The molecule has 0 aromatic heterocycles. The highest BCUT2D eigenvalue weighted by molar-refractivity contribution is 7.47. The number of esters is 4. The van der Waals surface area contributed by atoms with Crippen molar-refractivity contribution < 1.29 is 80.2 Å². The molecular weight excluding hydrogens is 1220 g/mol. The van der Waals surface area contributed by atoms with E-state index in [-0.39, 0.29) is 25.7 Å². The molecule has 0 fully saturated rings. The van der Waals surface area contributed by atoms with E-state index in [0.29, 0.717) is 25.7 Å². The van der Waals surface area contributed by atoms with E-state index < -0.39 is 97.5 Å². The monoisotopic (exact) mass is 1370 g/mol. The van der Waals surface area contributed by atoms with Crippen molar-refractivity contribution in [2.75, 3.05) is 39.6 Å². The van der Waals surface area contributed by atoms with Crippen molar-refractivity contribution in [3.05, 3.63) is 0 Å². The molecule has 0 heterocycles. The normalized spacial score (nSPS) is 14.4. The van der Waals surface area contributed by atoms with Crippen molar-refractivity contribution in [1.29, 1.82) is 0 Å². The second-order valence-corrected chi connectivity index (χ2v) is 30.8. The van der Waals surface area contributed by atoms with Crippen LogP contribution < -0.4 is 0 Å². The molecular formula is C74H144O17P2. The van der Waals surface area contributed by atoms with Gasteiger partial charge < -0.3 is 33.8 Å². The van der Waals surface area contributed by atoms with E-state index >= 15 is 0 Å². The highest BCUT2D eigenvalue weighted by atomic mass is 31.2. The summed E-state index contributed by atoms with van der Waals surface area (Å²) in [6.07, 6.45) is 49.8. The third kappa shape index (κ3) is 67.0. The summed E-state index contributed by atoms with van der Waals surface area (Å²) in [5, 5.41) is 10.6. The quantitative estimate of drug-likeness (QED) is 0.0222. The van der Waals surface area contributed by atoms with Gasteiger partial charge in [0.25, 0.3) is 0 Å². The first kappa shape index (κ1) is 91.1. The van der Waals surface area contributed by atoms with Crippen LogP contribution in [0.4, 0.5) is 0 Å².